The van der Waals surface area contributed by atoms with Crippen molar-refractivity contribution in [1.29, 1.82) is 0 Å². The third kappa shape index (κ3) is 3.92. The minimum Gasteiger partial charge on any atom is -0.477 e. The van der Waals surface area contributed by atoms with E-state index >= 15 is 0 Å². The van der Waals surface area contributed by atoms with E-state index in [1.54, 1.807) is 0 Å². The van der Waals surface area contributed by atoms with Gasteiger partial charge in [0.15, 0.2) is 0 Å². The van der Waals surface area contributed by atoms with Gasteiger partial charge in [-0.25, -0.2) is 4.79 Å². The van der Waals surface area contributed by atoms with Gasteiger partial charge in [0.2, 0.25) is 5.91 Å². The SMILES string of the molecule is C[C@@H](O)C1C(=O)N2C(C(=O)O)=C(SC3CN(S(=O)(=O)NCC(O)CN)C3)[C@H](C)C12. The summed E-state index contributed by atoms with van der Waals surface area (Å²) in [6.07, 6.45) is -1.84. The quantitative estimate of drug-likeness (QED) is 0.242. The number of carbonyl (C=O) groups excluding carboxylic acids is 1. The molecule has 164 valence electrons. The van der Waals surface area contributed by atoms with Crippen molar-refractivity contribution in [2.45, 2.75) is 37.3 Å². The van der Waals surface area contributed by atoms with Gasteiger partial charge < -0.3 is 26.0 Å². The van der Waals surface area contributed by atoms with Gasteiger partial charge in [0.1, 0.15) is 5.70 Å². The van der Waals surface area contributed by atoms with E-state index in [1.807, 2.05) is 6.92 Å². The monoisotopic (exact) mass is 450 g/mol. The van der Waals surface area contributed by atoms with Crippen LogP contribution in [0.4, 0.5) is 0 Å². The molecule has 0 aliphatic carbocycles. The minimum atomic E-state index is -3.75. The van der Waals surface area contributed by atoms with E-state index in [-0.39, 0.29) is 43.0 Å². The number of carbonyl (C=O) groups is 2. The molecule has 3 unspecified atom stereocenters. The van der Waals surface area contributed by atoms with E-state index in [1.165, 1.54) is 27.9 Å². The van der Waals surface area contributed by atoms with Gasteiger partial charge in [-0.05, 0) is 6.92 Å². The third-order valence-electron chi connectivity index (χ3n) is 5.53. The number of nitrogens with zero attached hydrogens (tertiary/aromatic N) is 2. The van der Waals surface area contributed by atoms with Gasteiger partial charge in [0.05, 0.1) is 24.2 Å². The van der Waals surface area contributed by atoms with E-state index < -0.39 is 46.3 Å². The first kappa shape index (κ1) is 22.5. The first-order valence-electron chi connectivity index (χ1n) is 9.27. The number of nitrogens with one attached hydrogen (secondary N) is 1. The van der Waals surface area contributed by atoms with Crippen molar-refractivity contribution < 1.29 is 33.3 Å². The van der Waals surface area contributed by atoms with E-state index in [0.29, 0.717) is 4.91 Å². The number of amides is 1. The molecule has 29 heavy (non-hydrogen) atoms. The number of carboxylic acids is 1. The number of β-lactam (4-membered cyclic amide) rings is 1. The number of aliphatic hydroxyl groups is 2. The van der Waals surface area contributed by atoms with Crippen LogP contribution in [-0.2, 0) is 19.8 Å². The molecule has 6 N–H and O–H groups in total. The molecule has 0 saturated carbocycles. The lowest BCUT2D eigenvalue weighted by Gasteiger charge is -2.46. The summed E-state index contributed by atoms with van der Waals surface area (Å²) in [4.78, 5) is 25.9. The molecule has 2 fully saturated rings. The fourth-order valence-electron chi connectivity index (χ4n) is 3.91. The summed E-state index contributed by atoms with van der Waals surface area (Å²) in [5.74, 6) is -2.49. The van der Waals surface area contributed by atoms with E-state index in [4.69, 9.17) is 5.73 Å². The highest BCUT2D eigenvalue weighted by Gasteiger charge is 2.60. The Balaban J connectivity index is 1.65. The molecule has 0 aromatic rings. The second-order valence-electron chi connectivity index (χ2n) is 7.57. The average molecular weight is 451 g/mol. The molecular formula is C16H26N4O7S2. The predicted octanol–water partition coefficient (Wildman–Crippen LogP) is -2.29. The molecule has 0 aromatic heterocycles. The maximum absolute atomic E-state index is 12.3. The summed E-state index contributed by atoms with van der Waals surface area (Å²) in [6.45, 7) is 3.45. The normalized spacial score (nSPS) is 30.0. The standard InChI is InChI=1S/C16H26N4O7S2/c1-7-12-11(8(2)21)15(23)20(12)13(16(24)25)14(7)28-10-5-19(6-10)29(26,27)18-4-9(22)3-17/h7-12,18,21-22H,3-6,17H2,1-2H3,(H,24,25)/t7-,8-,9?,11?,12?/m1/s1. The maximum Gasteiger partial charge on any atom is 0.353 e. The topological polar surface area (TPSA) is 174 Å². The van der Waals surface area contributed by atoms with Crippen LogP contribution in [0.3, 0.4) is 0 Å². The molecule has 0 bridgehead atoms. The van der Waals surface area contributed by atoms with Gasteiger partial charge in [-0.3, -0.25) is 4.79 Å². The van der Waals surface area contributed by atoms with Gasteiger partial charge in [-0.2, -0.15) is 17.4 Å². The Kier molecular flexibility index (Phi) is 6.30. The molecule has 3 heterocycles. The van der Waals surface area contributed by atoms with E-state index in [0.717, 1.165) is 0 Å². The van der Waals surface area contributed by atoms with Crippen LogP contribution in [0.1, 0.15) is 13.8 Å². The molecule has 3 aliphatic heterocycles. The Labute approximate surface area is 173 Å². The zero-order valence-corrected chi connectivity index (χ0v) is 17.7. The van der Waals surface area contributed by atoms with Crippen LogP contribution < -0.4 is 10.5 Å². The van der Waals surface area contributed by atoms with Crippen LogP contribution in [-0.4, -0.2) is 94.5 Å². The molecule has 1 amide bonds. The molecule has 0 aromatic carbocycles. The minimum absolute atomic E-state index is 0.0607. The number of fused-ring (bicyclic) bond motifs is 1. The van der Waals surface area contributed by atoms with Crippen molar-refractivity contribution >= 4 is 33.8 Å². The molecule has 3 rings (SSSR count). The van der Waals surface area contributed by atoms with Crippen LogP contribution in [0.25, 0.3) is 0 Å². The number of rotatable bonds is 9. The summed E-state index contributed by atoms with van der Waals surface area (Å²) in [7, 11) is -3.75. The van der Waals surface area contributed by atoms with Crippen LogP contribution in [0.2, 0.25) is 0 Å². The maximum atomic E-state index is 12.3. The van der Waals surface area contributed by atoms with Gasteiger partial charge in [0.25, 0.3) is 10.2 Å². The Hall–Kier alpha value is -1.22. The highest BCUT2D eigenvalue weighted by Crippen LogP contribution is 2.51. The lowest BCUT2D eigenvalue weighted by Crippen LogP contribution is -2.63. The summed E-state index contributed by atoms with van der Waals surface area (Å²) in [5, 5.41) is 28.7. The second-order valence-corrected chi connectivity index (χ2v) is 10.7. The fraction of sp³-hybridized carbons (Fsp3) is 0.750. The second kappa shape index (κ2) is 8.13. The summed E-state index contributed by atoms with van der Waals surface area (Å²) in [5.41, 5.74) is 5.19. The van der Waals surface area contributed by atoms with Crippen molar-refractivity contribution in [1.82, 2.24) is 13.9 Å². The zero-order chi connectivity index (χ0) is 21.7. The fourth-order valence-corrected chi connectivity index (χ4v) is 6.95. The molecular weight excluding hydrogens is 424 g/mol. The molecule has 2 saturated heterocycles. The number of nitrogens with two attached hydrogens (primary N) is 1. The summed E-state index contributed by atoms with van der Waals surface area (Å²) >= 11 is 1.27. The van der Waals surface area contributed by atoms with Crippen molar-refractivity contribution in [3.05, 3.63) is 10.6 Å². The zero-order valence-electron chi connectivity index (χ0n) is 16.1. The first-order chi connectivity index (χ1) is 13.5. The van der Waals surface area contributed by atoms with Gasteiger partial charge in [-0.1, -0.05) is 6.92 Å². The predicted molar refractivity (Wildman–Crippen MR) is 105 cm³/mol. The molecule has 0 radical (unpaired) electrons. The highest BCUT2D eigenvalue weighted by atomic mass is 32.2. The lowest BCUT2D eigenvalue weighted by atomic mass is 9.79. The largest absolute Gasteiger partial charge is 0.477 e. The molecule has 0 spiro atoms. The van der Waals surface area contributed by atoms with Gasteiger partial charge >= 0.3 is 5.97 Å². The van der Waals surface area contributed by atoms with E-state index in [2.05, 4.69) is 4.72 Å². The van der Waals surface area contributed by atoms with Crippen LogP contribution in [0.15, 0.2) is 10.6 Å². The van der Waals surface area contributed by atoms with Gasteiger partial charge in [0, 0.05) is 42.3 Å². The van der Waals surface area contributed by atoms with Crippen molar-refractivity contribution in [3.8, 4) is 0 Å². The number of hydrogen-bond donors (Lipinski definition) is 5. The van der Waals surface area contributed by atoms with Crippen LogP contribution in [0.5, 0.6) is 0 Å². The number of aliphatic hydroxyl groups excluding tert-OH is 2. The molecule has 3 aliphatic rings. The lowest BCUT2D eigenvalue weighted by molar-refractivity contribution is -0.163. The Morgan fingerprint density at radius 2 is 2.00 bits per heavy atom. The molecule has 13 heteroatoms. The highest BCUT2D eigenvalue weighted by molar-refractivity contribution is 8.04. The third-order valence-corrected chi connectivity index (χ3v) is 8.49. The number of carboxylic acid groups (broad SMARTS) is 1. The van der Waals surface area contributed by atoms with Crippen molar-refractivity contribution in [2.75, 3.05) is 26.2 Å². The summed E-state index contributed by atoms with van der Waals surface area (Å²) < 4.78 is 27.9. The van der Waals surface area contributed by atoms with Gasteiger partial charge in [-0.15, -0.1) is 11.8 Å². The van der Waals surface area contributed by atoms with Crippen LogP contribution in [0, 0.1) is 11.8 Å². The summed E-state index contributed by atoms with van der Waals surface area (Å²) in [6, 6.07) is -0.393. The number of thioether (sulfide) groups is 1. The van der Waals surface area contributed by atoms with Crippen LogP contribution >= 0.6 is 11.8 Å². The Bertz CT molecular complexity index is 825. The Morgan fingerprint density at radius 3 is 2.52 bits per heavy atom. The first-order valence-corrected chi connectivity index (χ1v) is 11.6. The van der Waals surface area contributed by atoms with E-state index in [9.17, 15) is 33.3 Å². The smallest absolute Gasteiger partial charge is 0.353 e. The average Bonchev–Trinajstić information content (AvgIpc) is 2.83. The van der Waals surface area contributed by atoms with Crippen molar-refractivity contribution in [3.63, 3.8) is 0 Å². The molecule has 11 nitrogen and oxygen atoms in total. The molecule has 5 atom stereocenters. The number of hydrogen-bond acceptors (Lipinski definition) is 8. The Morgan fingerprint density at radius 1 is 1.38 bits per heavy atom. The number of aliphatic carboxylic acids is 1. The van der Waals surface area contributed by atoms with Crippen molar-refractivity contribution in [2.24, 2.45) is 17.6 Å².